The molecule has 0 amide bonds. The minimum Gasteiger partial charge on any atom is -0.779 e. The molecule has 0 radical (unpaired) electrons. The fourth-order valence-corrected chi connectivity index (χ4v) is 1.42. The van der Waals surface area contributed by atoms with Crippen molar-refractivity contribution in [2.24, 2.45) is 0 Å². The second-order valence-corrected chi connectivity index (χ2v) is 3.62. The summed E-state index contributed by atoms with van der Waals surface area (Å²) in [4.78, 5) is 3.12. The first-order chi connectivity index (χ1) is 5.63. The third-order valence-corrected chi connectivity index (χ3v) is 2.52. The quantitative estimate of drug-likeness (QED) is 0.579. The van der Waals surface area contributed by atoms with Crippen LogP contribution < -0.4 is 0 Å². The molecule has 13 heavy (non-hydrogen) atoms. The van der Waals surface area contributed by atoms with Crippen LogP contribution in [-0.4, -0.2) is 19.0 Å². The average Bonchev–Trinajstić information content (AvgIpc) is 2.04. The van der Waals surface area contributed by atoms with Crippen molar-refractivity contribution in [2.45, 2.75) is 17.9 Å². The summed E-state index contributed by atoms with van der Waals surface area (Å²) in [5, 5.41) is 0. The molecular formula is C10H14CuNS. The van der Waals surface area contributed by atoms with E-state index in [2.05, 4.69) is 32.0 Å². The number of nitrogens with zero attached hydrogens (tertiary/aromatic N) is 1. The smallest absolute Gasteiger partial charge is 0.779 e. The van der Waals surface area contributed by atoms with Gasteiger partial charge in [-0.05, 0) is 21.0 Å². The summed E-state index contributed by atoms with van der Waals surface area (Å²) in [5.41, 5.74) is 1.23. The number of hydrogen-bond donors (Lipinski definition) is 0. The number of hydrogen-bond acceptors (Lipinski definition) is 2. The van der Waals surface area contributed by atoms with Crippen LogP contribution in [0.15, 0.2) is 29.2 Å². The zero-order chi connectivity index (χ0) is 9.14. The normalized spacial score (nSPS) is 12.3. The van der Waals surface area contributed by atoms with Crippen molar-refractivity contribution in [1.82, 2.24) is 4.90 Å². The van der Waals surface area contributed by atoms with Gasteiger partial charge in [0.15, 0.2) is 0 Å². The Kier molecular flexibility index (Phi) is 5.57. The molecule has 3 heteroatoms. The van der Waals surface area contributed by atoms with Crippen LogP contribution >= 0.6 is 0 Å². The van der Waals surface area contributed by atoms with Gasteiger partial charge in [-0.3, -0.25) is 0 Å². The van der Waals surface area contributed by atoms with Crippen molar-refractivity contribution in [1.29, 1.82) is 0 Å². The first kappa shape index (κ1) is 12.9. The van der Waals surface area contributed by atoms with Crippen LogP contribution in [0.25, 0.3) is 0 Å². The van der Waals surface area contributed by atoms with Crippen LogP contribution in [0.5, 0.6) is 0 Å². The zero-order valence-electron chi connectivity index (χ0n) is 8.04. The van der Waals surface area contributed by atoms with E-state index in [-0.39, 0.29) is 17.1 Å². The molecule has 0 unspecified atom stereocenters. The second kappa shape index (κ2) is 5.61. The van der Waals surface area contributed by atoms with Gasteiger partial charge in [0.2, 0.25) is 0 Å². The van der Waals surface area contributed by atoms with Gasteiger partial charge < -0.3 is 17.5 Å². The van der Waals surface area contributed by atoms with Crippen LogP contribution in [-0.2, 0) is 29.7 Å². The minimum atomic E-state index is 0. The average molecular weight is 244 g/mol. The topological polar surface area (TPSA) is 3.24 Å². The van der Waals surface area contributed by atoms with E-state index in [4.69, 9.17) is 12.6 Å². The first-order valence-corrected chi connectivity index (χ1v) is 4.46. The summed E-state index contributed by atoms with van der Waals surface area (Å²) in [6.45, 7) is 2.16. The molecule has 0 aliphatic rings. The molecule has 0 heterocycles. The summed E-state index contributed by atoms with van der Waals surface area (Å²) < 4.78 is 0. The van der Waals surface area contributed by atoms with E-state index >= 15 is 0 Å². The molecule has 0 fully saturated rings. The summed E-state index contributed by atoms with van der Waals surface area (Å²) in [6, 6.07) is 8.48. The molecule has 0 aliphatic carbocycles. The molecule has 0 saturated heterocycles. The molecule has 1 rings (SSSR count). The fourth-order valence-electron chi connectivity index (χ4n) is 1.10. The van der Waals surface area contributed by atoms with Crippen LogP contribution in [0.1, 0.15) is 18.5 Å². The molecule has 1 aromatic carbocycles. The van der Waals surface area contributed by atoms with Crippen LogP contribution in [0.3, 0.4) is 0 Å². The van der Waals surface area contributed by atoms with Crippen LogP contribution in [0.2, 0.25) is 0 Å². The van der Waals surface area contributed by atoms with Gasteiger partial charge in [-0.2, -0.15) is 4.90 Å². The van der Waals surface area contributed by atoms with Crippen LogP contribution in [0, 0.1) is 0 Å². The maximum Gasteiger partial charge on any atom is 1.00 e. The summed E-state index contributed by atoms with van der Waals surface area (Å²) in [6.07, 6.45) is 0. The van der Waals surface area contributed by atoms with E-state index in [9.17, 15) is 0 Å². The molecule has 1 atom stereocenters. The van der Waals surface area contributed by atoms with E-state index < -0.39 is 0 Å². The molecule has 0 aromatic heterocycles. The Balaban J connectivity index is 0.00000144. The van der Waals surface area contributed by atoms with Crippen molar-refractivity contribution < 1.29 is 17.1 Å². The Morgan fingerprint density at radius 1 is 1.23 bits per heavy atom. The molecule has 0 N–H and O–H groups in total. The summed E-state index contributed by atoms with van der Waals surface area (Å²) in [7, 11) is 4.12. The van der Waals surface area contributed by atoms with Gasteiger partial charge in [0.1, 0.15) is 0 Å². The van der Waals surface area contributed by atoms with Gasteiger partial charge in [0, 0.05) is 6.04 Å². The number of benzene rings is 1. The molecule has 1 nitrogen and oxygen atoms in total. The maximum absolute atomic E-state index is 5.22. The minimum absolute atomic E-state index is 0. The molecular weight excluding hydrogens is 230 g/mol. The molecule has 0 spiro atoms. The van der Waals surface area contributed by atoms with E-state index in [1.165, 1.54) is 5.56 Å². The van der Waals surface area contributed by atoms with E-state index in [1.54, 1.807) is 0 Å². The zero-order valence-corrected chi connectivity index (χ0v) is 9.80. The Morgan fingerprint density at radius 2 is 1.77 bits per heavy atom. The molecule has 76 valence electrons. The third-order valence-electron chi connectivity index (χ3n) is 2.14. The van der Waals surface area contributed by atoms with Gasteiger partial charge >= 0.3 is 17.1 Å². The monoisotopic (exact) mass is 243 g/mol. The van der Waals surface area contributed by atoms with Gasteiger partial charge in [-0.15, -0.1) is 0 Å². The predicted molar refractivity (Wildman–Crippen MR) is 54.2 cm³/mol. The maximum atomic E-state index is 5.22. The van der Waals surface area contributed by atoms with Crippen molar-refractivity contribution in [2.75, 3.05) is 14.1 Å². The summed E-state index contributed by atoms with van der Waals surface area (Å²) in [5.74, 6) is 0. The van der Waals surface area contributed by atoms with E-state index in [1.807, 2.05) is 18.2 Å². The largest absolute Gasteiger partial charge is 1.00 e. The van der Waals surface area contributed by atoms with Crippen molar-refractivity contribution in [3.05, 3.63) is 29.8 Å². The Hall–Kier alpha value is -0.0805. The molecule has 0 aliphatic heterocycles. The van der Waals surface area contributed by atoms with Crippen molar-refractivity contribution in [3.8, 4) is 0 Å². The van der Waals surface area contributed by atoms with Crippen LogP contribution in [0.4, 0.5) is 0 Å². The van der Waals surface area contributed by atoms with Gasteiger partial charge in [0.25, 0.3) is 0 Å². The van der Waals surface area contributed by atoms with E-state index in [0.717, 1.165) is 4.90 Å². The molecule has 1 aromatic rings. The second-order valence-electron chi connectivity index (χ2n) is 3.18. The van der Waals surface area contributed by atoms with E-state index in [0.29, 0.717) is 6.04 Å². The third kappa shape index (κ3) is 3.28. The Labute approximate surface area is 96.4 Å². The SMILES string of the molecule is C[C@@H](c1ccccc1[S-])N(C)C.[Cu+]. The first-order valence-electron chi connectivity index (χ1n) is 4.05. The van der Waals surface area contributed by atoms with Crippen molar-refractivity contribution >= 4 is 12.6 Å². The summed E-state index contributed by atoms with van der Waals surface area (Å²) >= 11 is 5.22. The Bertz CT molecular complexity index is 263. The molecule has 0 saturated carbocycles. The standard InChI is InChI=1S/C10H15NS.Cu/c1-8(11(2)3)9-6-4-5-7-10(9)12;/h4-8,12H,1-3H3;/q;+1/p-1/t8-;/m0./s1. The predicted octanol–water partition coefficient (Wildman–Crippen LogP) is 2.21. The van der Waals surface area contributed by atoms with Gasteiger partial charge in [-0.25, -0.2) is 0 Å². The number of rotatable bonds is 2. The fraction of sp³-hybridized carbons (Fsp3) is 0.400. The molecule has 0 bridgehead atoms. The van der Waals surface area contributed by atoms with Gasteiger partial charge in [0.05, 0.1) is 0 Å². The Morgan fingerprint density at radius 3 is 2.23 bits per heavy atom. The van der Waals surface area contributed by atoms with Gasteiger partial charge in [-0.1, -0.05) is 29.8 Å². The van der Waals surface area contributed by atoms with Crippen molar-refractivity contribution in [3.63, 3.8) is 0 Å².